The number of benzene rings is 4. The first kappa shape index (κ1) is 31.3. The summed E-state index contributed by atoms with van der Waals surface area (Å²) >= 11 is 0. The summed E-state index contributed by atoms with van der Waals surface area (Å²) in [6.45, 7) is 13.3. The molecule has 6 rings (SSSR count). The Balaban J connectivity index is 1.37. The van der Waals surface area contributed by atoms with E-state index < -0.39 is 0 Å². The highest BCUT2D eigenvalue weighted by atomic mass is 31.0. The Bertz CT molecular complexity index is 1770. The van der Waals surface area contributed by atoms with Crippen molar-refractivity contribution in [3.63, 3.8) is 0 Å². The third kappa shape index (κ3) is 6.26. The fourth-order valence-corrected chi connectivity index (χ4v) is 6.17. The van der Waals surface area contributed by atoms with Crippen molar-refractivity contribution in [2.75, 3.05) is 4.90 Å². The maximum Gasteiger partial charge on any atom is 0.330 e. The highest BCUT2D eigenvalue weighted by molar-refractivity contribution is 7.19. The Morgan fingerprint density at radius 3 is 2.09 bits per heavy atom. The van der Waals surface area contributed by atoms with Gasteiger partial charge in [0.1, 0.15) is 0 Å². The van der Waals surface area contributed by atoms with Crippen LogP contribution in [0.5, 0.6) is 0 Å². The molecule has 0 heterocycles. The van der Waals surface area contributed by atoms with Crippen LogP contribution in [-0.2, 0) is 10.1 Å². The van der Waals surface area contributed by atoms with Gasteiger partial charge in [-0.2, -0.15) is 0 Å². The molecule has 1 radical (unpaired) electrons. The fourth-order valence-electron chi connectivity index (χ4n) is 6.10. The van der Waals surface area contributed by atoms with E-state index in [1.54, 1.807) is 0 Å². The second kappa shape index (κ2) is 12.3. The molecule has 0 bridgehead atoms. The molecule has 0 saturated heterocycles. The summed E-state index contributed by atoms with van der Waals surface area (Å²) in [5.74, 6) is 0. The Kier molecular flexibility index (Phi) is 8.55. The van der Waals surface area contributed by atoms with Gasteiger partial charge < -0.3 is 9.55 Å². The standard InChI is InChI=1S/C41H44BNOP/c1-39(2)37-17-13-12-16-35(37)36-27-26-34(28-38(36)39)43(32-22-18-30(19-23-32)29-14-10-8-7-9-11-15-29)33-24-20-31(21-25-33)42-44-40(3,4)41(5,6)45/h8-14,16-28H,7,15,45H2,1-6H3/b10-8-,11-9-,29-14+. The van der Waals surface area contributed by atoms with Gasteiger partial charge in [-0.05, 0) is 96.5 Å². The van der Waals surface area contributed by atoms with Crippen molar-refractivity contribution in [3.05, 3.63) is 138 Å². The van der Waals surface area contributed by atoms with Crippen molar-refractivity contribution in [2.24, 2.45) is 0 Å². The molecule has 1 atom stereocenters. The van der Waals surface area contributed by atoms with Gasteiger partial charge in [0, 0.05) is 27.6 Å². The molecule has 1 unspecified atom stereocenters. The van der Waals surface area contributed by atoms with E-state index in [-0.39, 0.29) is 16.2 Å². The van der Waals surface area contributed by atoms with Crippen LogP contribution in [0.1, 0.15) is 71.1 Å². The van der Waals surface area contributed by atoms with E-state index in [2.05, 4.69) is 177 Å². The minimum Gasteiger partial charge on any atom is -0.429 e. The summed E-state index contributed by atoms with van der Waals surface area (Å²) in [5.41, 5.74) is 12.0. The Labute approximate surface area is 273 Å². The summed E-state index contributed by atoms with van der Waals surface area (Å²) in [7, 11) is 4.79. The van der Waals surface area contributed by atoms with E-state index in [4.69, 9.17) is 4.65 Å². The molecule has 4 heteroatoms. The molecule has 227 valence electrons. The summed E-state index contributed by atoms with van der Waals surface area (Å²) in [4.78, 5) is 2.37. The number of hydrogen-bond acceptors (Lipinski definition) is 2. The van der Waals surface area contributed by atoms with E-state index >= 15 is 0 Å². The largest absolute Gasteiger partial charge is 0.429 e. The maximum atomic E-state index is 6.27. The van der Waals surface area contributed by atoms with Gasteiger partial charge in [-0.15, -0.1) is 9.24 Å². The Morgan fingerprint density at radius 2 is 1.38 bits per heavy atom. The number of anilines is 3. The van der Waals surface area contributed by atoms with Crippen molar-refractivity contribution in [3.8, 4) is 11.1 Å². The normalized spacial score (nSPS) is 18.1. The van der Waals surface area contributed by atoms with Crippen LogP contribution in [0.25, 0.3) is 16.7 Å². The molecule has 45 heavy (non-hydrogen) atoms. The van der Waals surface area contributed by atoms with Gasteiger partial charge in [-0.1, -0.05) is 118 Å². The van der Waals surface area contributed by atoms with Crippen molar-refractivity contribution in [1.82, 2.24) is 0 Å². The van der Waals surface area contributed by atoms with Crippen LogP contribution in [0, 0.1) is 0 Å². The molecule has 0 spiro atoms. The first-order valence-electron chi connectivity index (χ1n) is 16.0. The SMILES string of the molecule is CC1(C)c2ccccc2-c2ccc(N(c3ccc([B]OC(C)(C)C(C)(C)P)cc3)c3ccc(/C4=C/C=C\C/C=C\C4)cc3)cc21. The molecule has 2 aliphatic rings. The lowest BCUT2D eigenvalue weighted by Crippen LogP contribution is -2.45. The molecular formula is C41H44BNOP. The summed E-state index contributed by atoms with van der Waals surface area (Å²) in [6.07, 6.45) is 13.1. The van der Waals surface area contributed by atoms with Crippen LogP contribution >= 0.6 is 9.24 Å². The summed E-state index contributed by atoms with van der Waals surface area (Å²) in [6, 6.07) is 33.5. The Hall–Kier alpha value is -3.65. The number of nitrogens with zero attached hydrogens (tertiary/aromatic N) is 1. The predicted octanol–water partition coefficient (Wildman–Crippen LogP) is 10.4. The zero-order chi connectivity index (χ0) is 31.8. The number of allylic oxidation sites excluding steroid dienone is 6. The van der Waals surface area contributed by atoms with Crippen molar-refractivity contribution >= 4 is 44.8 Å². The summed E-state index contributed by atoms with van der Waals surface area (Å²) < 4.78 is 6.27. The van der Waals surface area contributed by atoms with E-state index in [1.165, 1.54) is 33.4 Å². The Morgan fingerprint density at radius 1 is 0.733 bits per heavy atom. The molecule has 0 fully saturated rings. The number of fused-ring (bicyclic) bond motifs is 3. The first-order valence-corrected chi connectivity index (χ1v) is 16.6. The molecule has 2 nitrogen and oxygen atoms in total. The van der Waals surface area contributed by atoms with Gasteiger partial charge in [0.25, 0.3) is 0 Å². The molecule has 0 aliphatic heterocycles. The van der Waals surface area contributed by atoms with Crippen LogP contribution in [-0.4, -0.2) is 18.2 Å². The average molecular weight is 609 g/mol. The van der Waals surface area contributed by atoms with Crippen LogP contribution in [0.4, 0.5) is 17.1 Å². The monoisotopic (exact) mass is 608 g/mol. The molecule has 0 saturated carbocycles. The van der Waals surface area contributed by atoms with Gasteiger partial charge in [-0.25, -0.2) is 0 Å². The van der Waals surface area contributed by atoms with Crippen molar-refractivity contribution in [2.45, 2.75) is 70.6 Å². The lowest BCUT2D eigenvalue weighted by molar-refractivity contribution is 0.0841. The van der Waals surface area contributed by atoms with E-state index in [0.29, 0.717) is 0 Å². The van der Waals surface area contributed by atoms with Crippen molar-refractivity contribution in [1.29, 1.82) is 0 Å². The fraction of sp³-hybridized carbons (Fsp3) is 0.268. The average Bonchev–Trinajstić information content (AvgIpc) is 3.23. The van der Waals surface area contributed by atoms with Crippen molar-refractivity contribution < 1.29 is 4.65 Å². The molecular weight excluding hydrogens is 564 g/mol. The van der Waals surface area contributed by atoms with E-state index in [9.17, 15) is 0 Å². The first-order chi connectivity index (χ1) is 21.5. The number of hydrogen-bond donors (Lipinski definition) is 0. The molecule has 4 aromatic carbocycles. The molecule has 2 aliphatic carbocycles. The third-order valence-electron chi connectivity index (χ3n) is 9.72. The lowest BCUT2D eigenvalue weighted by atomic mass is 9.82. The minimum atomic E-state index is -0.323. The van der Waals surface area contributed by atoms with Crippen LogP contribution in [0.3, 0.4) is 0 Å². The highest BCUT2D eigenvalue weighted by Crippen LogP contribution is 2.50. The molecule has 0 N–H and O–H groups in total. The smallest absolute Gasteiger partial charge is 0.330 e. The molecule has 0 amide bonds. The second-order valence-electron chi connectivity index (χ2n) is 13.9. The third-order valence-corrected chi connectivity index (χ3v) is 10.4. The topological polar surface area (TPSA) is 12.5 Å². The van der Waals surface area contributed by atoms with Gasteiger partial charge >= 0.3 is 7.48 Å². The summed E-state index contributed by atoms with van der Waals surface area (Å²) in [5, 5.41) is -0.0635. The minimum absolute atomic E-state index is 0.0635. The molecule has 0 aromatic heterocycles. The maximum absolute atomic E-state index is 6.27. The van der Waals surface area contributed by atoms with Crippen LogP contribution in [0.15, 0.2) is 121 Å². The van der Waals surface area contributed by atoms with Crippen LogP contribution < -0.4 is 10.4 Å². The predicted molar refractivity (Wildman–Crippen MR) is 199 cm³/mol. The second-order valence-corrected chi connectivity index (χ2v) is 15.3. The zero-order valence-electron chi connectivity index (χ0n) is 27.5. The quantitative estimate of drug-likeness (QED) is 0.112. The van der Waals surface area contributed by atoms with Gasteiger partial charge in [0.15, 0.2) is 0 Å². The van der Waals surface area contributed by atoms with E-state index in [1.807, 2.05) is 7.48 Å². The number of rotatable bonds is 8. The van der Waals surface area contributed by atoms with Gasteiger partial charge in [0.05, 0.1) is 5.60 Å². The highest BCUT2D eigenvalue weighted by Gasteiger charge is 2.36. The van der Waals surface area contributed by atoms with E-state index in [0.717, 1.165) is 35.4 Å². The van der Waals surface area contributed by atoms with Gasteiger partial charge in [0.2, 0.25) is 0 Å². The van der Waals surface area contributed by atoms with Crippen LogP contribution in [0.2, 0.25) is 0 Å². The molecule has 4 aromatic rings. The van der Waals surface area contributed by atoms with Gasteiger partial charge in [-0.3, -0.25) is 0 Å². The lowest BCUT2D eigenvalue weighted by Gasteiger charge is -2.39. The zero-order valence-corrected chi connectivity index (χ0v) is 28.6.